The lowest BCUT2D eigenvalue weighted by atomic mass is 10.1. The van der Waals surface area contributed by atoms with Crippen molar-refractivity contribution in [3.05, 3.63) is 76.4 Å². The number of halogens is 1. The maximum absolute atomic E-state index is 12.0. The fourth-order valence-electron chi connectivity index (χ4n) is 2.29. The van der Waals surface area contributed by atoms with Gasteiger partial charge < -0.3 is 14.9 Å². The third-order valence-electron chi connectivity index (χ3n) is 3.53. The van der Waals surface area contributed by atoms with Crippen LogP contribution in [-0.2, 0) is 24.2 Å². The van der Waals surface area contributed by atoms with Gasteiger partial charge in [-0.15, -0.1) is 0 Å². The van der Waals surface area contributed by atoms with Gasteiger partial charge in [0.1, 0.15) is 5.75 Å². The molecule has 1 aromatic heterocycles. The summed E-state index contributed by atoms with van der Waals surface area (Å²) in [5.74, 6) is 0.705. The van der Waals surface area contributed by atoms with Crippen LogP contribution in [0.25, 0.3) is 0 Å². The highest BCUT2D eigenvalue weighted by atomic mass is 35.5. The summed E-state index contributed by atoms with van der Waals surface area (Å²) in [7, 11) is 0. The lowest BCUT2D eigenvalue weighted by Gasteiger charge is -2.04. The number of hydrogen-bond acceptors (Lipinski definition) is 5. The van der Waals surface area contributed by atoms with Gasteiger partial charge in [-0.3, -0.25) is 4.79 Å². The maximum Gasteiger partial charge on any atom is 0.246 e. The molecule has 0 fully saturated rings. The number of aromatic nitrogens is 2. The summed E-state index contributed by atoms with van der Waals surface area (Å²) in [5, 5.41) is 16.2. The second-order valence-electron chi connectivity index (χ2n) is 5.51. The minimum Gasteiger partial charge on any atom is -0.506 e. The predicted molar refractivity (Wildman–Crippen MR) is 92.2 cm³/mol. The van der Waals surface area contributed by atoms with Crippen molar-refractivity contribution in [3.63, 3.8) is 0 Å². The number of nitrogens with zero attached hydrogens (tertiary/aromatic N) is 2. The number of phenols is 1. The van der Waals surface area contributed by atoms with Gasteiger partial charge in [0.25, 0.3) is 0 Å². The van der Waals surface area contributed by atoms with E-state index in [2.05, 4.69) is 15.5 Å². The molecule has 0 atom stereocenters. The van der Waals surface area contributed by atoms with Crippen LogP contribution in [-0.4, -0.2) is 21.2 Å². The molecule has 3 aromatic rings. The topological polar surface area (TPSA) is 88.2 Å². The molecule has 7 heteroatoms. The zero-order chi connectivity index (χ0) is 17.6. The first-order valence-electron chi connectivity index (χ1n) is 7.69. The largest absolute Gasteiger partial charge is 0.506 e. The van der Waals surface area contributed by atoms with Gasteiger partial charge in [0, 0.05) is 6.42 Å². The Balaban J connectivity index is 1.51. The lowest BCUT2D eigenvalue weighted by Crippen LogP contribution is -2.24. The van der Waals surface area contributed by atoms with Crippen LogP contribution in [0, 0.1) is 0 Å². The van der Waals surface area contributed by atoms with Crippen molar-refractivity contribution in [1.82, 2.24) is 15.5 Å². The van der Waals surface area contributed by atoms with Crippen LogP contribution in [0.4, 0.5) is 0 Å². The van der Waals surface area contributed by atoms with Gasteiger partial charge in [-0.05, 0) is 23.3 Å². The summed E-state index contributed by atoms with van der Waals surface area (Å²) in [6.07, 6.45) is 0.718. The van der Waals surface area contributed by atoms with Gasteiger partial charge in [-0.25, -0.2) is 0 Å². The fourth-order valence-corrected chi connectivity index (χ4v) is 2.50. The zero-order valence-corrected chi connectivity index (χ0v) is 14.0. The second kappa shape index (κ2) is 7.81. The van der Waals surface area contributed by atoms with E-state index in [1.165, 1.54) is 6.07 Å². The summed E-state index contributed by atoms with van der Waals surface area (Å²) in [4.78, 5) is 16.2. The molecule has 0 radical (unpaired) electrons. The van der Waals surface area contributed by atoms with E-state index in [9.17, 15) is 9.90 Å². The molecule has 0 saturated carbocycles. The highest BCUT2D eigenvalue weighted by Crippen LogP contribution is 2.23. The molecule has 0 bridgehead atoms. The van der Waals surface area contributed by atoms with Crippen LogP contribution < -0.4 is 5.32 Å². The van der Waals surface area contributed by atoms with E-state index in [0.29, 0.717) is 23.7 Å². The van der Waals surface area contributed by atoms with Crippen LogP contribution in [0.2, 0.25) is 5.02 Å². The molecule has 0 aliphatic carbocycles. The fraction of sp³-hybridized carbons (Fsp3) is 0.167. The normalized spacial score (nSPS) is 10.6. The average molecular weight is 358 g/mol. The summed E-state index contributed by atoms with van der Waals surface area (Å²) in [6, 6.07) is 14.5. The average Bonchev–Trinajstić information content (AvgIpc) is 3.05. The number of nitrogens with one attached hydrogen (secondary N) is 1. The van der Waals surface area contributed by atoms with Crippen LogP contribution in [0.15, 0.2) is 53.1 Å². The Kier molecular flexibility index (Phi) is 5.30. The summed E-state index contributed by atoms with van der Waals surface area (Å²) in [6.45, 7) is 0.159. The van der Waals surface area contributed by atoms with Crippen LogP contribution in [0.5, 0.6) is 5.75 Å². The number of phenolic OH excluding ortho intramolecular Hbond substituents is 1. The Labute approximate surface area is 149 Å². The lowest BCUT2D eigenvalue weighted by molar-refractivity contribution is -0.120. The number of hydrogen-bond donors (Lipinski definition) is 2. The number of rotatable bonds is 6. The van der Waals surface area contributed by atoms with Crippen molar-refractivity contribution in [1.29, 1.82) is 0 Å². The summed E-state index contributed by atoms with van der Waals surface area (Å²) >= 11 is 5.82. The molecule has 0 saturated heterocycles. The molecule has 25 heavy (non-hydrogen) atoms. The molecule has 3 rings (SSSR count). The van der Waals surface area contributed by atoms with Gasteiger partial charge in [0.05, 0.1) is 18.0 Å². The first-order chi connectivity index (χ1) is 12.1. The first-order valence-corrected chi connectivity index (χ1v) is 8.07. The van der Waals surface area contributed by atoms with E-state index in [4.69, 9.17) is 16.1 Å². The van der Waals surface area contributed by atoms with Crippen LogP contribution in [0.1, 0.15) is 22.8 Å². The monoisotopic (exact) mass is 357 g/mol. The van der Waals surface area contributed by atoms with Crippen molar-refractivity contribution in [2.45, 2.75) is 19.4 Å². The highest BCUT2D eigenvalue weighted by Gasteiger charge is 2.10. The maximum atomic E-state index is 12.0. The number of carbonyl (C=O) groups is 1. The zero-order valence-electron chi connectivity index (χ0n) is 13.3. The highest BCUT2D eigenvalue weighted by molar-refractivity contribution is 6.32. The summed E-state index contributed by atoms with van der Waals surface area (Å²) in [5.41, 5.74) is 1.79. The molecule has 2 N–H and O–H groups in total. The third-order valence-corrected chi connectivity index (χ3v) is 3.83. The van der Waals surface area contributed by atoms with Gasteiger partial charge in [-0.2, -0.15) is 4.98 Å². The number of carbonyl (C=O) groups excluding carboxylic acids is 1. The van der Waals surface area contributed by atoms with Gasteiger partial charge in [-0.1, -0.05) is 53.2 Å². The molecular weight excluding hydrogens is 342 g/mol. The predicted octanol–water partition coefficient (Wildman–Crippen LogP) is 2.88. The molecule has 0 aliphatic rings. The van der Waals surface area contributed by atoms with Crippen LogP contribution in [0.3, 0.4) is 0 Å². The van der Waals surface area contributed by atoms with E-state index < -0.39 is 0 Å². The van der Waals surface area contributed by atoms with E-state index in [-0.39, 0.29) is 29.6 Å². The van der Waals surface area contributed by atoms with Gasteiger partial charge >= 0.3 is 0 Å². The molecule has 1 amide bonds. The smallest absolute Gasteiger partial charge is 0.246 e. The van der Waals surface area contributed by atoms with E-state index in [0.717, 1.165) is 5.56 Å². The SMILES string of the molecule is O=C(Cc1ccc(O)c(Cl)c1)NCc1nc(Cc2ccccc2)no1. The van der Waals surface area contributed by atoms with Crippen molar-refractivity contribution in [2.24, 2.45) is 0 Å². The van der Waals surface area contributed by atoms with Crippen molar-refractivity contribution < 1.29 is 14.4 Å². The minimum absolute atomic E-state index is 0.0115. The third kappa shape index (κ3) is 4.81. The van der Waals surface area contributed by atoms with Crippen molar-refractivity contribution in [3.8, 4) is 5.75 Å². The van der Waals surface area contributed by atoms with Gasteiger partial charge in [0.2, 0.25) is 11.8 Å². The molecule has 0 spiro atoms. The molecule has 2 aromatic carbocycles. The number of benzene rings is 2. The quantitative estimate of drug-likeness (QED) is 0.708. The Morgan fingerprint density at radius 1 is 1.16 bits per heavy atom. The Morgan fingerprint density at radius 3 is 2.72 bits per heavy atom. The molecule has 128 valence electrons. The Hall–Kier alpha value is -2.86. The van der Waals surface area contributed by atoms with E-state index in [1.54, 1.807) is 12.1 Å². The Morgan fingerprint density at radius 2 is 1.96 bits per heavy atom. The standard InChI is InChI=1S/C18H16ClN3O3/c19-14-8-13(6-7-15(14)23)10-17(24)20-11-18-21-16(22-25-18)9-12-4-2-1-3-5-12/h1-8,23H,9-11H2,(H,20,24). The second-order valence-corrected chi connectivity index (χ2v) is 5.91. The number of aromatic hydroxyl groups is 1. The van der Waals surface area contributed by atoms with E-state index >= 15 is 0 Å². The molecule has 0 unspecified atom stereocenters. The van der Waals surface area contributed by atoms with E-state index in [1.807, 2.05) is 30.3 Å². The van der Waals surface area contributed by atoms with Crippen LogP contribution >= 0.6 is 11.6 Å². The molecule has 6 nitrogen and oxygen atoms in total. The van der Waals surface area contributed by atoms with Crippen molar-refractivity contribution in [2.75, 3.05) is 0 Å². The number of amides is 1. The minimum atomic E-state index is -0.204. The molecule has 0 aliphatic heterocycles. The van der Waals surface area contributed by atoms with Gasteiger partial charge in [0.15, 0.2) is 5.82 Å². The molecule has 1 heterocycles. The summed E-state index contributed by atoms with van der Waals surface area (Å²) < 4.78 is 5.14. The molecular formula is C18H16ClN3O3. The van der Waals surface area contributed by atoms with Crippen molar-refractivity contribution >= 4 is 17.5 Å². The first kappa shape index (κ1) is 17.0. The Bertz CT molecular complexity index is 865.